The van der Waals surface area contributed by atoms with Gasteiger partial charge in [0.25, 0.3) is 0 Å². The molecule has 0 unspecified atom stereocenters. The van der Waals surface area contributed by atoms with E-state index in [-0.39, 0.29) is 10.9 Å². The maximum Gasteiger partial charge on any atom is 0.224 e. The molecule has 16 heavy (non-hydrogen) atoms. The van der Waals surface area contributed by atoms with Crippen LogP contribution in [0.25, 0.3) is 0 Å². The minimum Gasteiger partial charge on any atom is -0.325 e. The molecule has 1 aromatic rings. The van der Waals surface area contributed by atoms with Gasteiger partial charge in [-0.25, -0.2) is 4.39 Å². The molecule has 0 heterocycles. The van der Waals surface area contributed by atoms with Crippen LogP contribution in [0.3, 0.4) is 0 Å². The highest BCUT2D eigenvalue weighted by Gasteiger charge is 2.06. The first-order chi connectivity index (χ1) is 7.63. The summed E-state index contributed by atoms with van der Waals surface area (Å²) in [7, 11) is 0. The monoisotopic (exact) mass is 243 g/mol. The van der Waals surface area contributed by atoms with E-state index in [2.05, 4.69) is 12.2 Å². The van der Waals surface area contributed by atoms with Crippen LogP contribution < -0.4 is 5.32 Å². The zero-order valence-electron chi connectivity index (χ0n) is 9.22. The van der Waals surface area contributed by atoms with Crippen LogP contribution >= 0.6 is 11.6 Å². The van der Waals surface area contributed by atoms with Crippen molar-refractivity contribution in [1.29, 1.82) is 0 Å². The van der Waals surface area contributed by atoms with E-state index < -0.39 is 5.82 Å². The third kappa shape index (κ3) is 4.19. The number of carbonyl (C=O) groups excluding carboxylic acids is 1. The molecule has 0 fully saturated rings. The van der Waals surface area contributed by atoms with Crippen molar-refractivity contribution in [2.24, 2.45) is 0 Å². The quantitative estimate of drug-likeness (QED) is 0.779. The Morgan fingerprint density at radius 1 is 1.44 bits per heavy atom. The summed E-state index contributed by atoms with van der Waals surface area (Å²) in [6.07, 6.45) is 3.44. The highest BCUT2D eigenvalue weighted by atomic mass is 35.5. The second kappa shape index (κ2) is 6.48. The topological polar surface area (TPSA) is 29.1 Å². The Balaban J connectivity index is 2.49. The minimum atomic E-state index is -0.408. The standard InChI is InChI=1S/C12H15ClFNO/c1-2-3-4-5-12(16)15-11-7-6-9(14)8-10(11)13/h6-8H,2-5H2,1H3,(H,15,16). The Labute approximate surface area is 99.8 Å². The Morgan fingerprint density at radius 3 is 2.81 bits per heavy atom. The Kier molecular flexibility index (Phi) is 5.26. The van der Waals surface area contributed by atoms with Crippen LogP contribution in [0.15, 0.2) is 18.2 Å². The van der Waals surface area contributed by atoms with E-state index in [9.17, 15) is 9.18 Å². The highest BCUT2D eigenvalue weighted by Crippen LogP contribution is 2.22. The lowest BCUT2D eigenvalue weighted by molar-refractivity contribution is -0.116. The lowest BCUT2D eigenvalue weighted by Crippen LogP contribution is -2.11. The summed E-state index contributed by atoms with van der Waals surface area (Å²) in [5.74, 6) is -0.490. The predicted molar refractivity (Wildman–Crippen MR) is 64.2 cm³/mol. The molecule has 0 saturated carbocycles. The van der Waals surface area contributed by atoms with Crippen molar-refractivity contribution in [3.05, 3.63) is 29.0 Å². The SMILES string of the molecule is CCCCCC(=O)Nc1ccc(F)cc1Cl. The summed E-state index contributed by atoms with van der Waals surface area (Å²) in [5, 5.41) is 2.88. The summed E-state index contributed by atoms with van der Waals surface area (Å²) in [5.41, 5.74) is 0.463. The number of halogens is 2. The normalized spacial score (nSPS) is 10.2. The molecule has 0 spiro atoms. The minimum absolute atomic E-state index is 0.0815. The molecule has 2 nitrogen and oxygen atoms in total. The fraction of sp³-hybridized carbons (Fsp3) is 0.417. The van der Waals surface area contributed by atoms with Gasteiger partial charge in [0.1, 0.15) is 5.82 Å². The van der Waals surface area contributed by atoms with Crippen molar-refractivity contribution >= 4 is 23.2 Å². The molecule has 0 radical (unpaired) electrons. The van der Waals surface area contributed by atoms with E-state index in [0.717, 1.165) is 19.3 Å². The van der Waals surface area contributed by atoms with E-state index in [4.69, 9.17) is 11.6 Å². The molecular formula is C12H15ClFNO. The third-order valence-electron chi connectivity index (χ3n) is 2.21. The number of rotatable bonds is 5. The fourth-order valence-electron chi connectivity index (χ4n) is 1.34. The number of benzene rings is 1. The van der Waals surface area contributed by atoms with Crippen LogP contribution in [-0.4, -0.2) is 5.91 Å². The Morgan fingerprint density at radius 2 is 2.19 bits per heavy atom. The first kappa shape index (κ1) is 13.0. The maximum absolute atomic E-state index is 12.7. The lowest BCUT2D eigenvalue weighted by Gasteiger charge is -2.06. The number of hydrogen-bond acceptors (Lipinski definition) is 1. The van der Waals surface area contributed by atoms with E-state index in [1.165, 1.54) is 18.2 Å². The van der Waals surface area contributed by atoms with Crippen LogP contribution in [0.5, 0.6) is 0 Å². The van der Waals surface area contributed by atoms with Gasteiger partial charge in [0.05, 0.1) is 10.7 Å². The molecule has 4 heteroatoms. The Bertz CT molecular complexity index is 368. The molecule has 0 aromatic heterocycles. The van der Waals surface area contributed by atoms with Crippen molar-refractivity contribution in [1.82, 2.24) is 0 Å². The highest BCUT2D eigenvalue weighted by molar-refractivity contribution is 6.33. The van der Waals surface area contributed by atoms with Crippen molar-refractivity contribution in [3.63, 3.8) is 0 Å². The van der Waals surface area contributed by atoms with Crippen LogP contribution in [0.2, 0.25) is 5.02 Å². The average molecular weight is 244 g/mol. The van der Waals surface area contributed by atoms with E-state index >= 15 is 0 Å². The van der Waals surface area contributed by atoms with E-state index in [0.29, 0.717) is 12.1 Å². The van der Waals surface area contributed by atoms with Crippen LogP contribution in [0.4, 0.5) is 10.1 Å². The molecule has 1 aromatic carbocycles. The molecule has 0 saturated heterocycles. The number of carbonyl (C=O) groups is 1. The fourth-order valence-corrected chi connectivity index (χ4v) is 1.55. The van der Waals surface area contributed by atoms with E-state index in [1.54, 1.807) is 0 Å². The van der Waals surface area contributed by atoms with Crippen LogP contribution in [0, 0.1) is 5.82 Å². The largest absolute Gasteiger partial charge is 0.325 e. The van der Waals surface area contributed by atoms with Crippen LogP contribution in [-0.2, 0) is 4.79 Å². The van der Waals surface area contributed by atoms with Crippen molar-refractivity contribution in [2.45, 2.75) is 32.6 Å². The average Bonchev–Trinajstić information content (AvgIpc) is 2.23. The van der Waals surface area contributed by atoms with E-state index in [1.807, 2.05) is 0 Å². The van der Waals surface area contributed by atoms with Crippen molar-refractivity contribution in [3.8, 4) is 0 Å². The number of hydrogen-bond donors (Lipinski definition) is 1. The summed E-state index contributed by atoms with van der Waals surface area (Å²) < 4.78 is 12.7. The van der Waals surface area contributed by atoms with Gasteiger partial charge in [0.2, 0.25) is 5.91 Å². The number of anilines is 1. The number of nitrogens with one attached hydrogen (secondary N) is 1. The molecule has 1 N–H and O–H groups in total. The van der Waals surface area contributed by atoms with Crippen molar-refractivity contribution in [2.75, 3.05) is 5.32 Å². The first-order valence-electron chi connectivity index (χ1n) is 5.38. The summed E-state index contributed by atoms with van der Waals surface area (Å²) in [4.78, 5) is 11.5. The molecule has 0 aliphatic rings. The van der Waals surface area contributed by atoms with Gasteiger partial charge in [-0.05, 0) is 24.6 Å². The summed E-state index contributed by atoms with van der Waals surface area (Å²) in [6.45, 7) is 2.08. The Hall–Kier alpha value is -1.09. The van der Waals surface area contributed by atoms with Gasteiger partial charge in [0, 0.05) is 6.42 Å². The van der Waals surface area contributed by atoms with Gasteiger partial charge < -0.3 is 5.32 Å². The predicted octanol–water partition coefficient (Wildman–Crippen LogP) is 4.00. The van der Waals surface area contributed by atoms with Gasteiger partial charge in [-0.15, -0.1) is 0 Å². The third-order valence-corrected chi connectivity index (χ3v) is 2.53. The van der Waals surface area contributed by atoms with Gasteiger partial charge in [-0.3, -0.25) is 4.79 Å². The first-order valence-corrected chi connectivity index (χ1v) is 5.76. The lowest BCUT2D eigenvalue weighted by atomic mass is 10.2. The number of unbranched alkanes of at least 4 members (excludes halogenated alkanes) is 2. The van der Waals surface area contributed by atoms with Gasteiger partial charge in [-0.1, -0.05) is 31.4 Å². The zero-order valence-corrected chi connectivity index (χ0v) is 9.98. The summed E-state index contributed by atoms with van der Waals surface area (Å²) >= 11 is 5.78. The van der Waals surface area contributed by atoms with Crippen LogP contribution in [0.1, 0.15) is 32.6 Å². The van der Waals surface area contributed by atoms with Gasteiger partial charge in [-0.2, -0.15) is 0 Å². The zero-order chi connectivity index (χ0) is 12.0. The van der Waals surface area contributed by atoms with Gasteiger partial charge in [0.15, 0.2) is 0 Å². The summed E-state index contributed by atoms with van der Waals surface area (Å²) in [6, 6.07) is 3.92. The molecule has 0 atom stereocenters. The second-order valence-electron chi connectivity index (χ2n) is 3.63. The smallest absolute Gasteiger partial charge is 0.224 e. The van der Waals surface area contributed by atoms with Crippen molar-refractivity contribution < 1.29 is 9.18 Å². The molecule has 88 valence electrons. The molecule has 1 rings (SSSR count). The number of amides is 1. The molecule has 0 aliphatic heterocycles. The molecular weight excluding hydrogens is 229 g/mol. The molecule has 0 bridgehead atoms. The maximum atomic E-state index is 12.7. The molecule has 0 aliphatic carbocycles. The van der Waals surface area contributed by atoms with Gasteiger partial charge >= 0.3 is 0 Å². The molecule has 1 amide bonds. The second-order valence-corrected chi connectivity index (χ2v) is 4.04.